The molecule has 0 radical (unpaired) electrons. The van der Waals surface area contributed by atoms with Crippen molar-refractivity contribution in [1.29, 1.82) is 0 Å². The van der Waals surface area contributed by atoms with E-state index in [1.807, 2.05) is 0 Å². The lowest BCUT2D eigenvalue weighted by molar-refractivity contribution is 0.0686. The maximum atomic E-state index is 14.7. The molecule has 4 rings (SSSR count). The highest BCUT2D eigenvalue weighted by molar-refractivity contribution is 5.64. The van der Waals surface area contributed by atoms with Crippen LogP contribution in [0.3, 0.4) is 0 Å². The number of benzene rings is 1. The Labute approximate surface area is 210 Å². The van der Waals surface area contributed by atoms with E-state index in [0.29, 0.717) is 22.9 Å². The van der Waals surface area contributed by atoms with Crippen molar-refractivity contribution in [2.24, 2.45) is 0 Å². The summed E-state index contributed by atoms with van der Waals surface area (Å²) in [4.78, 5) is 29.5. The minimum atomic E-state index is -1.38. The highest BCUT2D eigenvalue weighted by Gasteiger charge is 2.23. The number of hydrogen-bond donors (Lipinski definition) is 1. The molecule has 0 aliphatic heterocycles. The van der Waals surface area contributed by atoms with Gasteiger partial charge in [-0.15, -0.1) is 0 Å². The number of aryl methyl sites for hydroxylation is 2. The third kappa shape index (κ3) is 5.21. The lowest BCUT2D eigenvalue weighted by Gasteiger charge is -2.18. The molecule has 192 valence electrons. The largest absolute Gasteiger partial charge is 0.471 e. The predicted molar refractivity (Wildman–Crippen MR) is 129 cm³/mol. The Morgan fingerprint density at radius 3 is 2.41 bits per heavy atom. The van der Waals surface area contributed by atoms with Crippen LogP contribution in [0, 0.1) is 38.2 Å². The molecule has 0 aliphatic carbocycles. The fraction of sp³-hybridized carbons (Fsp3) is 0.269. The number of aromatic nitrogens is 5. The van der Waals surface area contributed by atoms with E-state index in [9.17, 15) is 23.1 Å². The van der Waals surface area contributed by atoms with E-state index in [1.165, 1.54) is 25.3 Å². The summed E-state index contributed by atoms with van der Waals surface area (Å²) >= 11 is 0. The molecule has 4 aromatic rings. The van der Waals surface area contributed by atoms with Crippen LogP contribution in [0.4, 0.5) is 13.2 Å². The number of halogens is 3. The number of ether oxygens (including phenoxy) is 1. The second kappa shape index (κ2) is 9.74. The number of hydrogen-bond acceptors (Lipinski definition) is 7. The quantitative estimate of drug-likeness (QED) is 0.413. The molecule has 1 aromatic carbocycles. The van der Waals surface area contributed by atoms with Crippen LogP contribution in [0.15, 0.2) is 41.5 Å². The van der Waals surface area contributed by atoms with Crippen molar-refractivity contribution in [1.82, 2.24) is 24.5 Å². The zero-order chi connectivity index (χ0) is 27.1. The van der Waals surface area contributed by atoms with Gasteiger partial charge in [-0.1, -0.05) is 12.1 Å². The first-order valence-electron chi connectivity index (χ1n) is 11.3. The minimum Gasteiger partial charge on any atom is -0.471 e. The molecule has 3 heterocycles. The second-order valence-electron chi connectivity index (χ2n) is 9.05. The molecule has 11 heteroatoms. The monoisotopic (exact) mass is 511 g/mol. The van der Waals surface area contributed by atoms with Gasteiger partial charge >= 0.3 is 0 Å². The Bertz CT molecular complexity index is 1560. The summed E-state index contributed by atoms with van der Waals surface area (Å²) in [6.07, 6.45) is 1.86. The maximum absolute atomic E-state index is 14.7. The van der Waals surface area contributed by atoms with E-state index in [0.717, 1.165) is 12.4 Å². The van der Waals surface area contributed by atoms with Crippen LogP contribution in [-0.2, 0) is 12.2 Å². The molecular formula is C26H24F3N5O3. The van der Waals surface area contributed by atoms with E-state index in [4.69, 9.17) is 4.74 Å². The van der Waals surface area contributed by atoms with Crippen molar-refractivity contribution >= 4 is 0 Å². The van der Waals surface area contributed by atoms with Crippen molar-refractivity contribution in [3.63, 3.8) is 0 Å². The molecule has 0 saturated carbocycles. The summed E-state index contributed by atoms with van der Waals surface area (Å²) < 4.78 is 48.6. The topological polar surface area (TPSA) is 103 Å². The molecule has 8 nitrogen and oxygen atoms in total. The van der Waals surface area contributed by atoms with Gasteiger partial charge in [-0.25, -0.2) is 23.1 Å². The molecule has 0 aliphatic rings. The molecule has 0 spiro atoms. The number of aliphatic hydroxyl groups is 1. The smallest absolute Gasteiger partial charge is 0.264 e. The lowest BCUT2D eigenvalue weighted by Crippen LogP contribution is -2.26. The van der Waals surface area contributed by atoms with Crippen molar-refractivity contribution < 1.29 is 23.0 Å². The molecule has 1 N–H and O–H groups in total. The van der Waals surface area contributed by atoms with Crippen LogP contribution >= 0.6 is 0 Å². The van der Waals surface area contributed by atoms with Gasteiger partial charge in [0.2, 0.25) is 5.88 Å². The zero-order valence-corrected chi connectivity index (χ0v) is 20.8. The van der Waals surface area contributed by atoms with Gasteiger partial charge in [-0.3, -0.25) is 14.3 Å². The fourth-order valence-corrected chi connectivity index (χ4v) is 3.66. The van der Waals surface area contributed by atoms with Gasteiger partial charge in [-0.2, -0.15) is 4.98 Å². The fourth-order valence-electron chi connectivity index (χ4n) is 3.66. The van der Waals surface area contributed by atoms with Crippen LogP contribution in [0.25, 0.3) is 16.9 Å². The van der Waals surface area contributed by atoms with Gasteiger partial charge in [0.1, 0.15) is 35.2 Å². The standard InChI is InChI=1S/C26H24F3N5O3/c1-13-6-7-16(22-19(29)11-31-25(33-22)26(4,5)36)8-21(13)34-15(3)32-23(14(2)24(34)35)37-12-20-18(28)9-17(27)10-30-20/h6-11,36H,12H2,1-5H3. The van der Waals surface area contributed by atoms with Gasteiger partial charge in [0, 0.05) is 11.6 Å². The Morgan fingerprint density at radius 2 is 1.73 bits per heavy atom. The van der Waals surface area contributed by atoms with Crippen molar-refractivity contribution in [3.05, 3.63) is 92.9 Å². The Morgan fingerprint density at radius 1 is 1.00 bits per heavy atom. The van der Waals surface area contributed by atoms with E-state index < -0.39 is 28.6 Å². The van der Waals surface area contributed by atoms with Crippen molar-refractivity contribution in [2.45, 2.75) is 46.8 Å². The summed E-state index contributed by atoms with van der Waals surface area (Å²) in [6, 6.07) is 5.66. The van der Waals surface area contributed by atoms with Crippen LogP contribution in [-0.4, -0.2) is 29.6 Å². The molecule has 0 saturated heterocycles. The average Bonchev–Trinajstić information content (AvgIpc) is 2.82. The lowest BCUT2D eigenvalue weighted by atomic mass is 10.0. The third-order valence-electron chi connectivity index (χ3n) is 5.68. The van der Waals surface area contributed by atoms with Gasteiger partial charge < -0.3 is 9.84 Å². The van der Waals surface area contributed by atoms with Crippen LogP contribution < -0.4 is 10.3 Å². The first-order chi connectivity index (χ1) is 17.4. The van der Waals surface area contributed by atoms with Gasteiger partial charge in [0.15, 0.2) is 17.5 Å². The summed E-state index contributed by atoms with van der Waals surface area (Å²) in [6.45, 7) is 7.51. The molecule has 0 unspecified atom stereocenters. The zero-order valence-electron chi connectivity index (χ0n) is 20.8. The molecular weight excluding hydrogens is 487 g/mol. The molecule has 0 amide bonds. The second-order valence-corrected chi connectivity index (χ2v) is 9.05. The van der Waals surface area contributed by atoms with E-state index in [1.54, 1.807) is 32.0 Å². The SMILES string of the molecule is Cc1ccc(-c2nc(C(C)(C)O)ncc2F)cc1-n1c(C)nc(OCc2ncc(F)cc2F)c(C)c1=O. The first kappa shape index (κ1) is 26.0. The maximum Gasteiger partial charge on any atom is 0.264 e. The van der Waals surface area contributed by atoms with E-state index >= 15 is 0 Å². The first-order valence-corrected chi connectivity index (χ1v) is 11.3. The Balaban J connectivity index is 1.75. The highest BCUT2D eigenvalue weighted by Crippen LogP contribution is 2.28. The van der Waals surface area contributed by atoms with Crippen molar-refractivity contribution in [2.75, 3.05) is 0 Å². The molecule has 0 fully saturated rings. The minimum absolute atomic E-state index is 0.0188. The molecule has 0 atom stereocenters. The van der Waals surface area contributed by atoms with Crippen LogP contribution in [0.1, 0.15) is 42.3 Å². The summed E-state index contributed by atoms with van der Waals surface area (Å²) in [5.74, 6) is -2.09. The summed E-state index contributed by atoms with van der Waals surface area (Å²) in [7, 11) is 0. The van der Waals surface area contributed by atoms with Gasteiger partial charge in [0.25, 0.3) is 5.56 Å². The molecule has 0 bridgehead atoms. The van der Waals surface area contributed by atoms with Crippen molar-refractivity contribution in [3.8, 4) is 22.8 Å². The predicted octanol–water partition coefficient (Wildman–Crippen LogP) is 4.23. The number of nitrogens with zero attached hydrogens (tertiary/aromatic N) is 5. The Hall–Kier alpha value is -4.12. The molecule has 37 heavy (non-hydrogen) atoms. The number of pyridine rings is 1. The van der Waals surface area contributed by atoms with Gasteiger partial charge in [0.05, 0.1) is 23.6 Å². The van der Waals surface area contributed by atoms with Gasteiger partial charge in [-0.05, 0) is 46.2 Å². The van der Waals surface area contributed by atoms with E-state index in [-0.39, 0.29) is 41.1 Å². The Kier molecular flexibility index (Phi) is 6.83. The van der Waals surface area contributed by atoms with Crippen LogP contribution in [0.2, 0.25) is 0 Å². The summed E-state index contributed by atoms with van der Waals surface area (Å²) in [5.41, 5.74) is -0.330. The third-order valence-corrected chi connectivity index (χ3v) is 5.68. The van der Waals surface area contributed by atoms with Crippen LogP contribution in [0.5, 0.6) is 5.88 Å². The summed E-state index contributed by atoms with van der Waals surface area (Å²) in [5, 5.41) is 10.2. The molecule has 3 aromatic heterocycles. The number of rotatable bonds is 6. The normalized spacial score (nSPS) is 11.6. The van der Waals surface area contributed by atoms with E-state index in [2.05, 4.69) is 19.9 Å². The average molecular weight is 512 g/mol. The highest BCUT2D eigenvalue weighted by atomic mass is 19.1.